The first kappa shape index (κ1) is 64.3. The molecule has 7 N–H and O–H groups in total. The molecule has 5 aromatic carbocycles. The summed E-state index contributed by atoms with van der Waals surface area (Å²) < 4.78 is 7.41. The van der Waals surface area contributed by atoms with Crippen LogP contribution >= 0.6 is 0 Å². The van der Waals surface area contributed by atoms with E-state index in [2.05, 4.69) is 36.5 Å². The molecule has 25 heteroatoms. The maximum atomic E-state index is 14.0. The SMILES string of the molecule is CC(C)[C@H](NC(=O)CCCCCN1C(=O)C=CC1=O)C(=O)NC(CCCNC(N)=O)C(=O)Nc1ccc(COC(=O)Nc2ccc3c4c(cccc24)C(=O)N(CCN(C)CCCN(C)CCN2C(=O)c4cccc5c(-n6ccnc6)ccc(c45)C2=O)C3=O)cc1. The number of nitrogens with zero attached hydrogens (tertiary/aromatic N) is 7. The number of aromatic nitrogens is 2. The molecule has 0 spiro atoms. The van der Waals surface area contributed by atoms with Crippen LogP contribution < -0.4 is 32.3 Å². The van der Waals surface area contributed by atoms with Crippen molar-refractivity contribution in [2.75, 3.05) is 77.1 Å². The molecule has 0 radical (unpaired) electrons. The monoisotopic (exact) mass is 1230 g/mol. The van der Waals surface area contributed by atoms with Gasteiger partial charge < -0.3 is 46.1 Å². The zero-order valence-corrected chi connectivity index (χ0v) is 50.6. The number of amides is 12. The summed E-state index contributed by atoms with van der Waals surface area (Å²) in [6.45, 7) is 6.23. The molecule has 1 unspecified atom stereocenters. The van der Waals surface area contributed by atoms with Crippen LogP contribution in [0.4, 0.5) is 21.0 Å². The predicted octanol–water partition coefficient (Wildman–Crippen LogP) is 5.57. The first-order chi connectivity index (χ1) is 43.3. The van der Waals surface area contributed by atoms with Crippen LogP contribution in [0, 0.1) is 5.92 Å². The molecule has 0 fully saturated rings. The lowest BCUT2D eigenvalue weighted by Gasteiger charge is -2.30. The zero-order valence-electron chi connectivity index (χ0n) is 50.6. The number of likely N-dealkylation sites (N-methyl/N-ethyl adjacent to an activating group) is 2. The number of primary amides is 1. The van der Waals surface area contributed by atoms with E-state index in [0.717, 1.165) is 22.4 Å². The maximum Gasteiger partial charge on any atom is 0.411 e. The Bertz CT molecular complexity index is 3730. The number of unbranched alkanes of at least 4 members (excludes halogenated alkanes) is 2. The van der Waals surface area contributed by atoms with E-state index >= 15 is 0 Å². The minimum Gasteiger partial charge on any atom is -0.444 e. The molecular weight excluding hydrogens is 1150 g/mol. The third-order valence-corrected chi connectivity index (χ3v) is 16.1. The highest BCUT2D eigenvalue weighted by Gasteiger charge is 2.36. The van der Waals surface area contributed by atoms with E-state index in [1.165, 1.54) is 22.0 Å². The number of carbonyl (C=O) groups excluding carboxylic acids is 11. The summed E-state index contributed by atoms with van der Waals surface area (Å²) in [7, 11) is 3.85. The van der Waals surface area contributed by atoms with E-state index < -0.39 is 47.8 Å². The number of hydrogen-bond acceptors (Lipinski definition) is 15. The number of imide groups is 3. The molecule has 470 valence electrons. The molecule has 0 bridgehead atoms. The standard InChI is InChI=1S/C65H73N13O12/c1-40(2)57(72-52(79)17-6-5-7-32-76-53(80)26-27-54(76)81)59(83)70-50(16-10-28-68-64(66)88)58(82)69-42-20-18-41(19-21-42)38-90-65(89)71-49-24-22-47-55-43(49)12-8-14-45(55)60(84)77(62(47)86)36-34-73(3)30-11-31-74(4)35-37-78-61(85)46-15-9-13-44-51(75-33-29-67-39-75)25-23-48(56(44)46)63(78)87/h8-9,12-15,18-27,29,33,39-40,50,57H,5-7,10-11,16-17,28,30-32,34-38H2,1-4H3,(H,69,82)(H,70,83)(H,71,89)(H,72,79)(H3,66,68,88)/t50?,57-/m0/s1. The van der Waals surface area contributed by atoms with Crippen molar-refractivity contribution >= 4 is 98.2 Å². The molecule has 4 heterocycles. The van der Waals surface area contributed by atoms with Crippen molar-refractivity contribution in [2.24, 2.45) is 11.7 Å². The smallest absolute Gasteiger partial charge is 0.411 e. The number of anilines is 2. The lowest BCUT2D eigenvalue weighted by molar-refractivity contribution is -0.137. The van der Waals surface area contributed by atoms with E-state index in [-0.39, 0.29) is 87.5 Å². The third kappa shape index (κ3) is 15.2. The second kappa shape index (κ2) is 29.2. The molecule has 1 aromatic heterocycles. The van der Waals surface area contributed by atoms with Gasteiger partial charge in [0.25, 0.3) is 35.4 Å². The van der Waals surface area contributed by atoms with Crippen LogP contribution in [-0.4, -0.2) is 178 Å². The van der Waals surface area contributed by atoms with Gasteiger partial charge in [-0.2, -0.15) is 0 Å². The maximum absolute atomic E-state index is 14.0. The van der Waals surface area contributed by atoms with E-state index in [1.807, 2.05) is 48.0 Å². The highest BCUT2D eigenvalue weighted by atomic mass is 16.5. The van der Waals surface area contributed by atoms with Crippen molar-refractivity contribution < 1.29 is 57.5 Å². The van der Waals surface area contributed by atoms with Crippen LogP contribution in [0.5, 0.6) is 0 Å². The minimum absolute atomic E-state index is 0.0964. The average Bonchev–Trinajstić information content (AvgIpc) is 0.847. The summed E-state index contributed by atoms with van der Waals surface area (Å²) in [6, 6.07) is 20.9. The molecule has 12 amide bonds. The number of nitrogens with two attached hydrogens (primary N) is 1. The average molecular weight is 1230 g/mol. The topological polar surface area (TPSA) is 317 Å². The van der Waals surface area contributed by atoms with Gasteiger partial charge >= 0.3 is 12.1 Å². The highest BCUT2D eigenvalue weighted by molar-refractivity contribution is 6.28. The molecular formula is C65H73N13O12. The van der Waals surface area contributed by atoms with Crippen molar-refractivity contribution in [1.29, 1.82) is 0 Å². The third-order valence-electron chi connectivity index (χ3n) is 16.1. The summed E-state index contributed by atoms with van der Waals surface area (Å²) in [5.74, 6) is -4.23. The van der Waals surface area contributed by atoms with E-state index in [1.54, 1.807) is 93.1 Å². The number of imidazole rings is 1. The highest BCUT2D eigenvalue weighted by Crippen LogP contribution is 2.36. The summed E-state index contributed by atoms with van der Waals surface area (Å²) in [6.07, 6.45) is 9.53. The fraction of sp³-hybridized carbons (Fsp3) is 0.354. The molecule has 25 nitrogen and oxygen atoms in total. The number of rotatable bonds is 30. The van der Waals surface area contributed by atoms with Crippen LogP contribution in [0.15, 0.2) is 116 Å². The summed E-state index contributed by atoms with van der Waals surface area (Å²) in [5.41, 5.74) is 8.88. The molecule has 6 aromatic rings. The van der Waals surface area contributed by atoms with E-state index in [0.29, 0.717) is 101 Å². The molecule has 0 aliphatic carbocycles. The Labute approximate surface area is 519 Å². The van der Waals surface area contributed by atoms with Gasteiger partial charge in [-0.15, -0.1) is 0 Å². The molecule has 2 atom stereocenters. The first-order valence-corrected chi connectivity index (χ1v) is 30.0. The van der Waals surface area contributed by atoms with Gasteiger partial charge in [-0.1, -0.05) is 56.7 Å². The van der Waals surface area contributed by atoms with Gasteiger partial charge in [0, 0.05) is 120 Å². The van der Waals surface area contributed by atoms with Gasteiger partial charge in [0.2, 0.25) is 17.7 Å². The van der Waals surface area contributed by atoms with Crippen molar-refractivity contribution in [3.8, 4) is 5.69 Å². The number of urea groups is 1. The second-order valence-corrected chi connectivity index (χ2v) is 22.8. The van der Waals surface area contributed by atoms with Crippen LogP contribution in [0.2, 0.25) is 0 Å². The van der Waals surface area contributed by atoms with Gasteiger partial charge in [0.1, 0.15) is 18.7 Å². The summed E-state index contributed by atoms with van der Waals surface area (Å²) in [5, 5.41) is 15.8. The number of carbonyl (C=O) groups is 11. The van der Waals surface area contributed by atoms with Crippen LogP contribution in [-0.2, 0) is 35.3 Å². The van der Waals surface area contributed by atoms with E-state index in [9.17, 15) is 52.7 Å². The first-order valence-electron chi connectivity index (χ1n) is 30.0. The Morgan fingerprint density at radius 2 is 1.21 bits per heavy atom. The van der Waals surface area contributed by atoms with Gasteiger partial charge in [-0.25, -0.2) is 14.6 Å². The Morgan fingerprint density at radius 3 is 1.81 bits per heavy atom. The lowest BCUT2D eigenvalue weighted by Crippen LogP contribution is -2.54. The van der Waals surface area contributed by atoms with Crippen LogP contribution in [0.3, 0.4) is 0 Å². The van der Waals surface area contributed by atoms with Gasteiger partial charge in [0.05, 0.1) is 17.7 Å². The van der Waals surface area contributed by atoms with Crippen LogP contribution in [0.1, 0.15) is 106 Å². The largest absolute Gasteiger partial charge is 0.444 e. The molecule has 90 heavy (non-hydrogen) atoms. The zero-order chi connectivity index (χ0) is 64.2. The number of benzene rings is 5. The van der Waals surface area contributed by atoms with Crippen molar-refractivity contribution in [3.63, 3.8) is 0 Å². The van der Waals surface area contributed by atoms with Gasteiger partial charge in [-0.3, -0.25) is 63.2 Å². The molecule has 0 saturated heterocycles. The van der Waals surface area contributed by atoms with Gasteiger partial charge in [0.15, 0.2) is 0 Å². The fourth-order valence-electron chi connectivity index (χ4n) is 11.2. The summed E-state index contributed by atoms with van der Waals surface area (Å²) in [4.78, 5) is 156. The van der Waals surface area contributed by atoms with Crippen molar-refractivity contribution in [1.82, 2.24) is 50.0 Å². The van der Waals surface area contributed by atoms with Crippen molar-refractivity contribution in [2.45, 2.75) is 77.5 Å². The molecule has 3 aliphatic rings. The Morgan fingerprint density at radius 1 is 0.611 bits per heavy atom. The Hall–Kier alpha value is -10.1. The Kier molecular flexibility index (Phi) is 20.9. The molecule has 3 aliphatic heterocycles. The van der Waals surface area contributed by atoms with Crippen molar-refractivity contribution in [3.05, 3.63) is 144 Å². The molecule has 9 rings (SSSR count). The molecule has 0 saturated carbocycles. The fourth-order valence-corrected chi connectivity index (χ4v) is 11.2. The lowest BCUT2D eigenvalue weighted by atomic mass is 9.93. The van der Waals surface area contributed by atoms with Gasteiger partial charge in [-0.05, 0) is 119 Å². The van der Waals surface area contributed by atoms with Crippen LogP contribution in [0.25, 0.3) is 27.2 Å². The number of hydrogen-bond donors (Lipinski definition) is 6. The Balaban J connectivity index is 0.715. The number of ether oxygens (including phenoxy) is 1. The number of nitrogens with one attached hydrogen (secondary N) is 5. The second-order valence-electron chi connectivity index (χ2n) is 22.8. The predicted molar refractivity (Wildman–Crippen MR) is 334 cm³/mol. The summed E-state index contributed by atoms with van der Waals surface area (Å²) >= 11 is 0. The minimum atomic E-state index is -1.09. The van der Waals surface area contributed by atoms with E-state index in [4.69, 9.17) is 10.5 Å². The normalized spacial score (nSPS) is 14.3. The quantitative estimate of drug-likeness (QED) is 0.0237.